The average molecular weight is 337 g/mol. The van der Waals surface area contributed by atoms with Crippen molar-refractivity contribution in [2.45, 2.75) is 13.1 Å². The molecule has 1 aromatic carbocycles. The molecule has 0 atom stereocenters. The van der Waals surface area contributed by atoms with Gasteiger partial charge >= 0.3 is 17.9 Å². The van der Waals surface area contributed by atoms with Gasteiger partial charge in [-0.1, -0.05) is 17.3 Å². The van der Waals surface area contributed by atoms with Crippen molar-refractivity contribution in [3.63, 3.8) is 0 Å². The molecule has 124 valence electrons. The fourth-order valence-electron chi connectivity index (χ4n) is 2.53. The lowest BCUT2D eigenvalue weighted by Crippen LogP contribution is -2.15. The summed E-state index contributed by atoms with van der Waals surface area (Å²) in [6, 6.07) is 6.36. The van der Waals surface area contributed by atoms with Crippen LogP contribution in [0.3, 0.4) is 0 Å². The fourth-order valence-corrected chi connectivity index (χ4v) is 2.53. The molecule has 3 rings (SSSR count). The summed E-state index contributed by atoms with van der Waals surface area (Å²) in [7, 11) is 1.19. The second-order valence-electron chi connectivity index (χ2n) is 5.10. The van der Waals surface area contributed by atoms with Crippen LogP contribution in [-0.2, 0) is 10.9 Å². The summed E-state index contributed by atoms with van der Waals surface area (Å²) >= 11 is 0. The van der Waals surface area contributed by atoms with Gasteiger partial charge in [-0.3, -0.25) is 4.52 Å². The zero-order valence-corrected chi connectivity index (χ0v) is 12.7. The zero-order chi connectivity index (χ0) is 17.5. The number of carbonyl (C=O) groups is 1. The second kappa shape index (κ2) is 5.63. The lowest BCUT2D eigenvalue weighted by atomic mass is 10.0. The van der Waals surface area contributed by atoms with Gasteiger partial charge in [0.25, 0.3) is 0 Å². The number of aryl methyl sites for hydroxylation is 1. The Hall–Kier alpha value is -2.90. The Balaban J connectivity index is 2.31. The third kappa shape index (κ3) is 2.60. The number of ether oxygens (including phenoxy) is 1. The van der Waals surface area contributed by atoms with Crippen molar-refractivity contribution < 1.29 is 32.2 Å². The molecule has 0 fully saturated rings. The molecule has 2 aromatic heterocycles. The molecule has 0 saturated heterocycles. The Bertz CT molecular complexity index is 932. The quantitative estimate of drug-likeness (QED) is 0.672. The summed E-state index contributed by atoms with van der Waals surface area (Å²) in [5.41, 5.74) is -0.248. The molecule has 0 aliphatic heterocycles. The van der Waals surface area contributed by atoms with E-state index in [2.05, 4.69) is 10.1 Å². The Labute approximate surface area is 134 Å². The number of nitrogens with one attached hydrogen (secondary N) is 1. The molecule has 0 aliphatic carbocycles. The number of hydrogen-bond acceptors (Lipinski definition) is 4. The zero-order valence-electron chi connectivity index (χ0n) is 12.7. The first-order valence-electron chi connectivity index (χ1n) is 6.90. The number of carbonyl (C=O) groups excluding carboxylic acids is 1. The normalized spacial score (nSPS) is 11.7. The SMILES string of the molecule is COC(=O)c1cc(-c2ccccc2C(F)(F)F)[nH+]c2onc(C)c12. The first-order chi connectivity index (χ1) is 11.3. The first-order valence-corrected chi connectivity index (χ1v) is 6.90. The van der Waals surface area contributed by atoms with Crippen LogP contribution >= 0.6 is 0 Å². The number of aromatic nitrogens is 2. The first kappa shape index (κ1) is 16.0. The number of benzene rings is 1. The molecule has 0 spiro atoms. The average Bonchev–Trinajstić information content (AvgIpc) is 2.94. The molecule has 5 nitrogen and oxygen atoms in total. The molecular weight excluding hydrogens is 325 g/mol. The summed E-state index contributed by atoms with van der Waals surface area (Å²) in [5.74, 6) is -0.689. The Morgan fingerprint density at radius 2 is 2.00 bits per heavy atom. The van der Waals surface area contributed by atoms with Crippen molar-refractivity contribution in [2.24, 2.45) is 0 Å². The molecule has 2 heterocycles. The van der Waals surface area contributed by atoms with E-state index in [0.29, 0.717) is 11.1 Å². The van der Waals surface area contributed by atoms with Gasteiger partial charge in [-0.25, -0.2) is 4.79 Å². The lowest BCUT2D eigenvalue weighted by molar-refractivity contribution is -0.344. The minimum absolute atomic E-state index is 0.0759. The highest BCUT2D eigenvalue weighted by molar-refractivity contribution is 6.03. The molecule has 0 unspecified atom stereocenters. The fraction of sp³-hybridized carbons (Fsp3) is 0.188. The van der Waals surface area contributed by atoms with Crippen molar-refractivity contribution >= 4 is 17.1 Å². The topological polar surface area (TPSA) is 66.5 Å². The van der Waals surface area contributed by atoms with E-state index in [1.165, 1.54) is 31.4 Å². The van der Waals surface area contributed by atoms with Crippen molar-refractivity contribution in [1.29, 1.82) is 0 Å². The number of aromatic amines is 1. The van der Waals surface area contributed by atoms with Crippen LogP contribution in [0.2, 0.25) is 0 Å². The molecule has 8 heteroatoms. The number of alkyl halides is 3. The molecule has 0 radical (unpaired) electrons. The van der Waals surface area contributed by atoms with Crippen LogP contribution in [0, 0.1) is 6.92 Å². The highest BCUT2D eigenvalue weighted by atomic mass is 19.4. The van der Waals surface area contributed by atoms with Gasteiger partial charge in [-0.2, -0.15) is 18.2 Å². The summed E-state index contributed by atoms with van der Waals surface area (Å²) in [5, 5.41) is 4.11. The Morgan fingerprint density at radius 3 is 2.67 bits per heavy atom. The van der Waals surface area contributed by atoms with Crippen molar-refractivity contribution in [3.05, 3.63) is 47.2 Å². The smallest absolute Gasteiger partial charge is 0.417 e. The maximum absolute atomic E-state index is 13.2. The number of halogens is 3. The number of pyridine rings is 1. The van der Waals surface area contributed by atoms with Gasteiger partial charge in [0.05, 0.1) is 29.5 Å². The van der Waals surface area contributed by atoms with E-state index in [0.717, 1.165) is 6.07 Å². The molecular formula is C16H12F3N2O3+. The van der Waals surface area contributed by atoms with Crippen molar-refractivity contribution in [3.8, 4) is 11.3 Å². The molecule has 0 bridgehead atoms. The summed E-state index contributed by atoms with van der Waals surface area (Å²) in [4.78, 5) is 14.8. The van der Waals surface area contributed by atoms with Gasteiger partial charge in [0.1, 0.15) is 5.39 Å². The van der Waals surface area contributed by atoms with Crippen molar-refractivity contribution in [1.82, 2.24) is 5.16 Å². The number of nitrogens with zero attached hydrogens (tertiary/aromatic N) is 1. The number of methoxy groups -OCH3 is 1. The van der Waals surface area contributed by atoms with Gasteiger partial charge in [-0.05, 0) is 19.1 Å². The number of esters is 1. The minimum Gasteiger partial charge on any atom is -0.465 e. The van der Waals surface area contributed by atoms with E-state index in [9.17, 15) is 18.0 Å². The van der Waals surface area contributed by atoms with E-state index in [-0.39, 0.29) is 22.5 Å². The maximum atomic E-state index is 13.2. The van der Waals surface area contributed by atoms with E-state index in [4.69, 9.17) is 9.26 Å². The van der Waals surface area contributed by atoms with Crippen LogP contribution in [0.5, 0.6) is 0 Å². The van der Waals surface area contributed by atoms with Crippen LogP contribution in [0.25, 0.3) is 22.4 Å². The highest BCUT2D eigenvalue weighted by Gasteiger charge is 2.35. The summed E-state index contributed by atoms with van der Waals surface area (Å²) in [6.45, 7) is 1.62. The van der Waals surface area contributed by atoms with Crippen LogP contribution in [0.1, 0.15) is 21.6 Å². The van der Waals surface area contributed by atoms with E-state index < -0.39 is 17.7 Å². The summed E-state index contributed by atoms with van der Waals surface area (Å²) < 4.78 is 49.5. The highest BCUT2D eigenvalue weighted by Crippen LogP contribution is 2.36. The molecule has 1 N–H and O–H groups in total. The standard InChI is InChI=1S/C16H11F3N2O3/c1-8-13-10(15(22)23-2)7-12(20-14(13)24-21-8)9-5-3-4-6-11(9)16(17,18)19/h3-7H,1-2H3/p+1. The van der Waals surface area contributed by atoms with Crippen LogP contribution in [-0.4, -0.2) is 18.2 Å². The number of rotatable bonds is 2. The molecule has 3 aromatic rings. The van der Waals surface area contributed by atoms with Gasteiger partial charge < -0.3 is 4.74 Å². The monoisotopic (exact) mass is 337 g/mol. The second-order valence-corrected chi connectivity index (χ2v) is 5.10. The van der Waals surface area contributed by atoms with Gasteiger partial charge in [0, 0.05) is 6.07 Å². The van der Waals surface area contributed by atoms with E-state index >= 15 is 0 Å². The van der Waals surface area contributed by atoms with Crippen LogP contribution in [0.15, 0.2) is 34.9 Å². The minimum atomic E-state index is -4.54. The van der Waals surface area contributed by atoms with Gasteiger partial charge in [-0.15, -0.1) is 0 Å². The number of hydrogen-bond donors (Lipinski definition) is 0. The largest absolute Gasteiger partial charge is 0.465 e. The predicted octanol–water partition coefficient (Wildman–Crippen LogP) is 3.42. The third-order valence-corrected chi connectivity index (χ3v) is 3.60. The Kier molecular flexibility index (Phi) is 3.75. The van der Waals surface area contributed by atoms with Crippen LogP contribution < -0.4 is 4.98 Å². The van der Waals surface area contributed by atoms with E-state index in [1.807, 2.05) is 0 Å². The molecule has 0 saturated carbocycles. The molecule has 0 amide bonds. The van der Waals surface area contributed by atoms with Gasteiger partial charge in [0.2, 0.25) is 5.69 Å². The maximum Gasteiger partial charge on any atom is 0.417 e. The number of H-pyrrole nitrogens is 1. The lowest BCUT2D eigenvalue weighted by Gasteiger charge is -2.10. The molecule has 0 aliphatic rings. The summed E-state index contributed by atoms with van der Waals surface area (Å²) in [6.07, 6.45) is -4.54. The van der Waals surface area contributed by atoms with Gasteiger partial charge in [0.15, 0.2) is 0 Å². The third-order valence-electron chi connectivity index (χ3n) is 3.60. The van der Waals surface area contributed by atoms with Crippen molar-refractivity contribution in [2.75, 3.05) is 7.11 Å². The Morgan fingerprint density at radius 1 is 1.29 bits per heavy atom. The molecule has 24 heavy (non-hydrogen) atoms. The van der Waals surface area contributed by atoms with Crippen LogP contribution in [0.4, 0.5) is 13.2 Å². The number of fused-ring (bicyclic) bond motifs is 1. The van der Waals surface area contributed by atoms with E-state index in [1.54, 1.807) is 6.92 Å². The predicted molar refractivity (Wildman–Crippen MR) is 77.1 cm³/mol.